The maximum atomic E-state index is 13.4. The summed E-state index contributed by atoms with van der Waals surface area (Å²) in [7, 11) is -0.0806. The Bertz CT molecular complexity index is 1280. The van der Waals surface area contributed by atoms with Crippen LogP contribution >= 0.6 is 0 Å². The lowest BCUT2D eigenvalue weighted by Crippen LogP contribution is -2.24. The molecular formula is C24H28FN3O6S. The lowest BCUT2D eigenvalue weighted by Gasteiger charge is -2.16. The monoisotopic (exact) mass is 505 g/mol. The first-order valence-corrected chi connectivity index (χ1v) is 12.3. The fourth-order valence-corrected chi connectivity index (χ4v) is 4.31. The van der Waals surface area contributed by atoms with Crippen molar-refractivity contribution >= 4 is 33.9 Å². The molecule has 3 rings (SSSR count). The van der Waals surface area contributed by atoms with E-state index in [1.165, 1.54) is 42.7 Å². The van der Waals surface area contributed by atoms with E-state index < -0.39 is 16.7 Å². The molecule has 0 saturated heterocycles. The van der Waals surface area contributed by atoms with Gasteiger partial charge >= 0.3 is 5.97 Å². The van der Waals surface area contributed by atoms with Gasteiger partial charge in [0.15, 0.2) is 0 Å². The van der Waals surface area contributed by atoms with E-state index in [0.717, 1.165) is 5.56 Å². The Morgan fingerprint density at radius 1 is 1.20 bits per heavy atom. The normalized spacial score (nSPS) is 11.4. The number of aryl methyl sites for hydroxylation is 1. The first-order valence-electron chi connectivity index (χ1n) is 11.2. The predicted octanol–water partition coefficient (Wildman–Crippen LogP) is 3.23. The summed E-state index contributed by atoms with van der Waals surface area (Å²) in [4.78, 5) is 28.6. The number of unbranched alkanes of at least 4 members (excludes halogenated alkanes) is 1. The number of thiol groups is 1. The fourth-order valence-electron chi connectivity index (χ4n) is 3.76. The van der Waals surface area contributed by atoms with Crippen molar-refractivity contribution in [1.29, 1.82) is 0 Å². The summed E-state index contributed by atoms with van der Waals surface area (Å²) in [6, 6.07) is 7.36. The van der Waals surface area contributed by atoms with Gasteiger partial charge in [0.1, 0.15) is 11.6 Å². The molecule has 3 aromatic rings. The number of pyridine rings is 1. The van der Waals surface area contributed by atoms with Crippen molar-refractivity contribution in [2.75, 3.05) is 20.7 Å². The van der Waals surface area contributed by atoms with Gasteiger partial charge in [-0.15, -0.1) is 0 Å². The fraction of sp³-hybridized carbons (Fsp3) is 0.375. The molecule has 0 bridgehead atoms. The summed E-state index contributed by atoms with van der Waals surface area (Å²) in [5.74, 6) is -0.890. The number of fused-ring (bicyclic) bond motifs is 1. The third-order valence-corrected chi connectivity index (χ3v) is 6.43. The van der Waals surface area contributed by atoms with Crippen LogP contribution in [-0.4, -0.2) is 50.3 Å². The Morgan fingerprint density at radius 2 is 1.91 bits per heavy atom. The molecule has 2 heterocycles. The van der Waals surface area contributed by atoms with Crippen LogP contribution in [0.3, 0.4) is 0 Å². The molecule has 1 aromatic carbocycles. The highest BCUT2D eigenvalue weighted by Crippen LogP contribution is 2.34. The van der Waals surface area contributed by atoms with Crippen LogP contribution in [0.15, 0.2) is 34.7 Å². The average Bonchev–Trinajstić information content (AvgIpc) is 3.22. The van der Waals surface area contributed by atoms with Gasteiger partial charge in [-0.2, -0.15) is 4.31 Å². The molecule has 0 aliphatic heterocycles. The summed E-state index contributed by atoms with van der Waals surface area (Å²) in [5.41, 5.74) is 2.25. The second kappa shape index (κ2) is 11.9. The van der Waals surface area contributed by atoms with E-state index >= 15 is 0 Å². The molecule has 0 atom stereocenters. The van der Waals surface area contributed by atoms with E-state index in [1.54, 1.807) is 6.07 Å². The van der Waals surface area contributed by atoms with Crippen LogP contribution in [0.5, 0.6) is 0 Å². The van der Waals surface area contributed by atoms with E-state index in [9.17, 15) is 22.4 Å². The zero-order valence-corrected chi connectivity index (χ0v) is 20.7. The van der Waals surface area contributed by atoms with Crippen LogP contribution in [0, 0.1) is 5.82 Å². The smallest absolute Gasteiger partial charge is 0.305 e. The molecule has 35 heavy (non-hydrogen) atoms. The Balaban J connectivity index is 1.98. The van der Waals surface area contributed by atoms with Crippen molar-refractivity contribution in [2.45, 2.75) is 39.2 Å². The lowest BCUT2D eigenvalue weighted by atomic mass is 10.0. The van der Waals surface area contributed by atoms with Crippen molar-refractivity contribution in [2.24, 2.45) is 0 Å². The molecule has 1 amide bonds. The molecule has 1 N–H and O–H groups in total. The van der Waals surface area contributed by atoms with E-state index in [0.29, 0.717) is 35.9 Å². The number of methoxy groups -OCH3 is 1. The lowest BCUT2D eigenvalue weighted by molar-refractivity contribution is -0.140. The zero-order valence-electron chi connectivity index (χ0n) is 19.8. The summed E-state index contributed by atoms with van der Waals surface area (Å²) < 4.78 is 49.0. The summed E-state index contributed by atoms with van der Waals surface area (Å²) in [6.07, 6.45) is 1.74. The quantitative estimate of drug-likeness (QED) is 0.233. The Kier molecular flexibility index (Phi) is 8.94. The van der Waals surface area contributed by atoms with Crippen LogP contribution in [0.4, 0.5) is 4.39 Å². The molecule has 0 saturated carbocycles. The van der Waals surface area contributed by atoms with Gasteiger partial charge in [-0.25, -0.2) is 17.8 Å². The molecule has 11 heteroatoms. The van der Waals surface area contributed by atoms with E-state index in [2.05, 4.69) is 15.0 Å². The molecule has 0 aliphatic rings. The number of aromatic nitrogens is 1. The van der Waals surface area contributed by atoms with Crippen molar-refractivity contribution in [1.82, 2.24) is 14.6 Å². The number of nitrogens with zero attached hydrogens (tertiary/aromatic N) is 2. The number of hydrogen-bond acceptors (Lipinski definition) is 7. The van der Waals surface area contributed by atoms with Crippen LogP contribution in [0.1, 0.15) is 47.8 Å². The molecule has 0 fully saturated rings. The first-order chi connectivity index (χ1) is 16.8. The van der Waals surface area contributed by atoms with E-state index in [4.69, 9.17) is 4.42 Å². The van der Waals surface area contributed by atoms with Gasteiger partial charge in [0.05, 0.1) is 30.3 Å². The Morgan fingerprint density at radius 3 is 2.51 bits per heavy atom. The van der Waals surface area contributed by atoms with E-state index in [1.807, 2.05) is 6.92 Å². The number of halogens is 1. The molecule has 9 nitrogen and oxygen atoms in total. The van der Waals surface area contributed by atoms with Crippen molar-refractivity contribution in [3.05, 3.63) is 53.0 Å². The highest BCUT2D eigenvalue weighted by atomic mass is 32.2. The Hall–Kier alpha value is -3.31. The largest absolute Gasteiger partial charge is 0.469 e. The maximum absolute atomic E-state index is 13.4. The van der Waals surface area contributed by atoms with Gasteiger partial charge in [-0.05, 0) is 55.2 Å². The Labute approximate surface area is 204 Å². The molecule has 188 valence electrons. The van der Waals surface area contributed by atoms with Crippen molar-refractivity contribution in [3.63, 3.8) is 0 Å². The van der Waals surface area contributed by atoms with Crippen LogP contribution < -0.4 is 5.32 Å². The minimum atomic E-state index is -2.89. The second-order valence-electron chi connectivity index (χ2n) is 7.85. The van der Waals surface area contributed by atoms with E-state index in [-0.39, 0.29) is 48.4 Å². The topological polar surface area (TPSA) is 119 Å². The van der Waals surface area contributed by atoms with Gasteiger partial charge in [-0.3, -0.25) is 9.59 Å². The van der Waals surface area contributed by atoms with Crippen LogP contribution in [0.25, 0.3) is 22.4 Å². The van der Waals surface area contributed by atoms with Gasteiger partial charge < -0.3 is 14.5 Å². The van der Waals surface area contributed by atoms with Gasteiger partial charge in [0, 0.05) is 25.6 Å². The van der Waals surface area contributed by atoms with Crippen LogP contribution in [-0.2, 0) is 33.4 Å². The summed E-state index contributed by atoms with van der Waals surface area (Å²) in [5, 5.41) is 3.09. The number of rotatable bonds is 11. The predicted molar refractivity (Wildman–Crippen MR) is 129 cm³/mol. The van der Waals surface area contributed by atoms with Gasteiger partial charge in [0.25, 0.3) is 5.91 Å². The van der Waals surface area contributed by atoms with Gasteiger partial charge in [-0.1, -0.05) is 6.92 Å². The highest BCUT2D eigenvalue weighted by Gasteiger charge is 2.24. The molecule has 0 spiro atoms. The van der Waals surface area contributed by atoms with Gasteiger partial charge in [0.2, 0.25) is 16.6 Å². The SMILES string of the molecule is CCc1cc2c(C(=O)NC)c(-c3ccc(F)cc3)oc2nc1CN(CCCCC(=O)OC)[SH](=O)=O. The first kappa shape index (κ1) is 26.3. The number of benzene rings is 1. The number of hydrogen-bond donors (Lipinski definition) is 2. The van der Waals surface area contributed by atoms with Crippen molar-refractivity contribution < 1.29 is 31.6 Å². The minimum Gasteiger partial charge on any atom is -0.469 e. The molecule has 0 radical (unpaired) electrons. The zero-order chi connectivity index (χ0) is 25.5. The summed E-state index contributed by atoms with van der Waals surface area (Å²) in [6.45, 7) is 2.16. The van der Waals surface area contributed by atoms with Crippen molar-refractivity contribution in [3.8, 4) is 11.3 Å². The maximum Gasteiger partial charge on any atom is 0.305 e. The minimum absolute atomic E-state index is 0.0257. The second-order valence-corrected chi connectivity index (χ2v) is 8.89. The number of carbonyl (C=O) groups is 2. The number of carbonyl (C=O) groups excluding carboxylic acids is 2. The standard InChI is InChI=1S/C24H28FN3O6S/c1-4-15-13-18-21(23(30)26-2)22(16-8-10-17(25)11-9-16)34-24(18)27-19(15)14-28(35(31)32)12-6-5-7-20(29)33-3/h8-11,13,35H,4-7,12,14H2,1-3H3,(H,26,30). The molecular weight excluding hydrogens is 477 g/mol. The van der Waals surface area contributed by atoms with Crippen LogP contribution in [0.2, 0.25) is 0 Å². The number of nitrogens with one attached hydrogen (secondary N) is 1. The number of ether oxygens (including phenoxy) is 1. The third kappa shape index (κ3) is 6.23. The molecule has 0 aliphatic carbocycles. The molecule has 0 unspecified atom stereocenters. The number of furan rings is 1. The number of amides is 1. The summed E-state index contributed by atoms with van der Waals surface area (Å²) >= 11 is 0. The molecule has 2 aromatic heterocycles. The average molecular weight is 506 g/mol. The number of esters is 1. The third-order valence-electron chi connectivity index (χ3n) is 5.63. The highest BCUT2D eigenvalue weighted by molar-refractivity contribution is 7.69.